The molecule has 2 rings (SSSR count). The molecule has 0 aliphatic carbocycles. The molecule has 2 heterocycles. The maximum absolute atomic E-state index is 5.69. The Labute approximate surface area is 127 Å². The van der Waals surface area contributed by atoms with Crippen LogP contribution in [0.4, 0.5) is 0 Å². The largest absolute Gasteiger partial charge is 0.373 e. The Morgan fingerprint density at radius 2 is 2.33 bits per heavy atom. The third kappa shape index (κ3) is 5.27. The van der Waals surface area contributed by atoms with Gasteiger partial charge in [-0.05, 0) is 20.3 Å². The monoisotopic (exact) mass is 368 g/mol. The number of nitrogens with one attached hydrogen (secondary N) is 2. The molecule has 0 unspecified atom stereocenters. The van der Waals surface area contributed by atoms with Crippen LogP contribution < -0.4 is 10.6 Å². The molecule has 0 atom stereocenters. The van der Waals surface area contributed by atoms with Crippen molar-refractivity contribution in [3.05, 3.63) is 0 Å². The first-order chi connectivity index (χ1) is 8.16. The predicted molar refractivity (Wildman–Crippen MR) is 84.8 cm³/mol. The van der Waals surface area contributed by atoms with Gasteiger partial charge in [-0.25, -0.2) is 0 Å². The van der Waals surface area contributed by atoms with Crippen LogP contribution >= 0.6 is 24.0 Å². The van der Waals surface area contributed by atoms with Crippen molar-refractivity contribution in [2.24, 2.45) is 4.99 Å². The first-order valence-electron chi connectivity index (χ1n) is 6.54. The Morgan fingerprint density at radius 3 is 3.00 bits per heavy atom. The van der Waals surface area contributed by atoms with Crippen LogP contribution in [-0.2, 0) is 4.74 Å². The van der Waals surface area contributed by atoms with Gasteiger partial charge in [-0.2, -0.15) is 0 Å². The van der Waals surface area contributed by atoms with E-state index in [0.29, 0.717) is 0 Å². The molecule has 18 heavy (non-hydrogen) atoms. The average Bonchev–Trinajstić information content (AvgIpc) is 2.29. The molecule has 2 aliphatic rings. The summed E-state index contributed by atoms with van der Waals surface area (Å²) in [7, 11) is 0. The van der Waals surface area contributed by atoms with E-state index < -0.39 is 0 Å². The molecular formula is C12H25IN4O. The van der Waals surface area contributed by atoms with Gasteiger partial charge < -0.3 is 15.4 Å². The topological polar surface area (TPSA) is 48.9 Å². The summed E-state index contributed by atoms with van der Waals surface area (Å²) in [4.78, 5) is 6.84. The molecule has 5 nitrogen and oxygen atoms in total. The fourth-order valence-electron chi connectivity index (χ4n) is 2.29. The second-order valence-electron chi connectivity index (χ2n) is 5.32. The van der Waals surface area contributed by atoms with Crippen LogP contribution in [0.3, 0.4) is 0 Å². The van der Waals surface area contributed by atoms with Crippen molar-refractivity contribution in [2.45, 2.75) is 25.9 Å². The minimum absolute atomic E-state index is 0. The quantitative estimate of drug-likeness (QED) is 0.719. The summed E-state index contributed by atoms with van der Waals surface area (Å²) in [5, 5.41) is 6.62. The molecule has 2 aliphatic heterocycles. The standard InChI is InChI=1S/C12H24N4O.HI/c1-12(2)10-16(8-9-17-12)7-6-15-11-13-4-3-5-14-11;/h3-10H2,1-2H3,(H2,13,14,15);1H. The molecule has 1 saturated heterocycles. The summed E-state index contributed by atoms with van der Waals surface area (Å²) >= 11 is 0. The van der Waals surface area contributed by atoms with E-state index in [1.165, 1.54) is 0 Å². The molecule has 106 valence electrons. The number of morpholine rings is 1. The lowest BCUT2D eigenvalue weighted by Crippen LogP contribution is -2.51. The molecule has 6 heteroatoms. The molecule has 0 aromatic rings. The van der Waals surface area contributed by atoms with Crippen LogP contribution in [0.1, 0.15) is 20.3 Å². The lowest BCUT2D eigenvalue weighted by Gasteiger charge is -2.38. The Balaban J connectivity index is 0.00000162. The highest BCUT2D eigenvalue weighted by molar-refractivity contribution is 14.0. The highest BCUT2D eigenvalue weighted by atomic mass is 127. The fourth-order valence-corrected chi connectivity index (χ4v) is 2.29. The van der Waals surface area contributed by atoms with Crippen molar-refractivity contribution in [1.29, 1.82) is 0 Å². The number of aliphatic imine (C=N–C) groups is 1. The third-order valence-corrected chi connectivity index (χ3v) is 3.12. The highest BCUT2D eigenvalue weighted by Gasteiger charge is 2.26. The Hall–Kier alpha value is -0.0800. The van der Waals surface area contributed by atoms with Gasteiger partial charge in [-0.3, -0.25) is 9.89 Å². The minimum atomic E-state index is -0.00113. The number of ether oxygens (including phenoxy) is 1. The van der Waals surface area contributed by atoms with Crippen molar-refractivity contribution < 1.29 is 4.74 Å². The molecule has 0 bridgehead atoms. The van der Waals surface area contributed by atoms with Gasteiger partial charge in [-0.1, -0.05) is 0 Å². The van der Waals surface area contributed by atoms with Crippen LogP contribution in [-0.4, -0.2) is 62.3 Å². The predicted octanol–water partition coefficient (Wildman–Crippen LogP) is 0.654. The van der Waals surface area contributed by atoms with Crippen molar-refractivity contribution in [3.8, 4) is 0 Å². The average molecular weight is 368 g/mol. The molecule has 0 radical (unpaired) electrons. The Kier molecular flexibility index (Phi) is 6.65. The summed E-state index contributed by atoms with van der Waals surface area (Å²) in [5.74, 6) is 0.962. The van der Waals surface area contributed by atoms with Crippen LogP contribution in [0.2, 0.25) is 0 Å². The summed E-state index contributed by atoms with van der Waals surface area (Å²) < 4.78 is 5.69. The molecule has 0 spiro atoms. The van der Waals surface area contributed by atoms with E-state index in [1.807, 2.05) is 0 Å². The lowest BCUT2D eigenvalue weighted by atomic mass is 10.1. The van der Waals surface area contributed by atoms with Crippen molar-refractivity contribution in [1.82, 2.24) is 15.5 Å². The second kappa shape index (κ2) is 7.49. The van der Waals surface area contributed by atoms with Crippen LogP contribution in [0.15, 0.2) is 4.99 Å². The van der Waals surface area contributed by atoms with Gasteiger partial charge in [0.1, 0.15) is 0 Å². The molecule has 0 saturated carbocycles. The zero-order valence-electron chi connectivity index (χ0n) is 11.4. The van der Waals surface area contributed by atoms with E-state index in [-0.39, 0.29) is 29.6 Å². The first-order valence-corrected chi connectivity index (χ1v) is 6.54. The minimum Gasteiger partial charge on any atom is -0.373 e. The van der Waals surface area contributed by atoms with Crippen LogP contribution in [0.5, 0.6) is 0 Å². The Morgan fingerprint density at radius 1 is 1.50 bits per heavy atom. The summed E-state index contributed by atoms with van der Waals surface area (Å²) in [5.41, 5.74) is -0.00113. The van der Waals surface area contributed by atoms with Gasteiger partial charge in [0, 0.05) is 39.3 Å². The first kappa shape index (κ1) is 16.0. The number of rotatable bonds is 3. The van der Waals surface area contributed by atoms with Gasteiger partial charge in [0.25, 0.3) is 0 Å². The zero-order chi connectivity index (χ0) is 12.1. The molecule has 0 aromatic carbocycles. The van der Waals surface area contributed by atoms with Gasteiger partial charge in [0.15, 0.2) is 5.96 Å². The summed E-state index contributed by atoms with van der Waals surface area (Å²) in [6.07, 6.45) is 1.14. The Bertz CT molecular complexity index is 283. The van der Waals surface area contributed by atoms with Crippen LogP contribution in [0.25, 0.3) is 0 Å². The third-order valence-electron chi connectivity index (χ3n) is 3.12. The van der Waals surface area contributed by atoms with Gasteiger partial charge in [0.2, 0.25) is 0 Å². The SMILES string of the molecule is CC1(C)CN(CCNC2=NCCCN2)CCO1.I. The maximum atomic E-state index is 5.69. The van der Waals surface area contributed by atoms with E-state index in [1.54, 1.807) is 0 Å². The van der Waals surface area contributed by atoms with E-state index in [9.17, 15) is 0 Å². The normalized spacial score (nSPS) is 23.6. The second-order valence-corrected chi connectivity index (χ2v) is 5.32. The van der Waals surface area contributed by atoms with E-state index in [0.717, 1.165) is 58.3 Å². The van der Waals surface area contributed by atoms with Gasteiger partial charge in [-0.15, -0.1) is 24.0 Å². The molecule has 0 aromatic heterocycles. The lowest BCUT2D eigenvalue weighted by molar-refractivity contribution is -0.0852. The maximum Gasteiger partial charge on any atom is 0.191 e. The number of halogens is 1. The van der Waals surface area contributed by atoms with Gasteiger partial charge in [0.05, 0.1) is 12.2 Å². The number of hydrogen-bond donors (Lipinski definition) is 2. The van der Waals surface area contributed by atoms with Crippen molar-refractivity contribution >= 4 is 29.9 Å². The summed E-state index contributed by atoms with van der Waals surface area (Å²) in [6, 6.07) is 0. The summed E-state index contributed by atoms with van der Waals surface area (Å²) in [6.45, 7) is 11.2. The fraction of sp³-hybridized carbons (Fsp3) is 0.917. The molecule has 0 amide bonds. The molecule has 2 N–H and O–H groups in total. The van der Waals surface area contributed by atoms with Gasteiger partial charge >= 0.3 is 0 Å². The smallest absolute Gasteiger partial charge is 0.191 e. The number of guanidine groups is 1. The van der Waals surface area contributed by atoms with E-state index in [2.05, 4.69) is 34.4 Å². The van der Waals surface area contributed by atoms with E-state index >= 15 is 0 Å². The molecular weight excluding hydrogens is 343 g/mol. The van der Waals surface area contributed by atoms with Crippen molar-refractivity contribution in [2.75, 3.05) is 45.9 Å². The zero-order valence-corrected chi connectivity index (χ0v) is 13.7. The highest BCUT2D eigenvalue weighted by Crippen LogP contribution is 2.15. The number of nitrogens with zero attached hydrogens (tertiary/aromatic N) is 2. The number of hydrogen-bond acceptors (Lipinski definition) is 5. The molecule has 1 fully saturated rings. The van der Waals surface area contributed by atoms with E-state index in [4.69, 9.17) is 4.74 Å². The van der Waals surface area contributed by atoms with Crippen LogP contribution in [0, 0.1) is 0 Å². The van der Waals surface area contributed by atoms with Crippen molar-refractivity contribution in [3.63, 3.8) is 0 Å².